The van der Waals surface area contributed by atoms with Crippen molar-refractivity contribution in [3.05, 3.63) is 22.2 Å². The van der Waals surface area contributed by atoms with E-state index in [0.717, 1.165) is 29.1 Å². The van der Waals surface area contributed by atoms with Crippen molar-refractivity contribution in [1.82, 2.24) is 5.32 Å². The molecule has 2 rings (SSSR count). The van der Waals surface area contributed by atoms with Crippen molar-refractivity contribution in [3.63, 3.8) is 0 Å². The zero-order valence-corrected chi connectivity index (χ0v) is 11.8. The van der Waals surface area contributed by atoms with Gasteiger partial charge >= 0.3 is 0 Å². The van der Waals surface area contributed by atoms with Gasteiger partial charge in [-0.25, -0.2) is 0 Å². The van der Waals surface area contributed by atoms with Gasteiger partial charge in [0.05, 0.1) is 18.7 Å². The smallest absolute Gasteiger partial charge is 0.174 e. The Balaban J connectivity index is 2.31. The molecule has 1 fully saturated rings. The number of benzene rings is 1. The van der Waals surface area contributed by atoms with Crippen LogP contribution in [0.2, 0.25) is 0 Å². The second-order valence-corrected chi connectivity index (χ2v) is 5.14. The molecule has 1 heterocycles. The molecule has 0 bridgehead atoms. The molecule has 0 aromatic heterocycles. The van der Waals surface area contributed by atoms with Crippen LogP contribution in [-0.2, 0) is 0 Å². The normalized spacial score (nSPS) is 20.1. The molecular formula is C13H18BrNO2. The number of ether oxygens (including phenoxy) is 2. The predicted molar refractivity (Wildman–Crippen MR) is 72.1 cm³/mol. The maximum absolute atomic E-state index is 5.37. The zero-order chi connectivity index (χ0) is 12.3. The van der Waals surface area contributed by atoms with Crippen LogP contribution in [0.4, 0.5) is 0 Å². The molecule has 0 saturated carbocycles. The van der Waals surface area contributed by atoms with Crippen LogP contribution < -0.4 is 14.8 Å². The molecule has 1 aliphatic heterocycles. The Hall–Kier alpha value is -0.740. The average Bonchev–Trinajstić information content (AvgIpc) is 2.38. The molecule has 4 heteroatoms. The maximum atomic E-state index is 5.37. The highest BCUT2D eigenvalue weighted by Crippen LogP contribution is 2.39. The monoisotopic (exact) mass is 299 g/mol. The summed E-state index contributed by atoms with van der Waals surface area (Å²) in [7, 11) is 3.33. The molecule has 17 heavy (non-hydrogen) atoms. The van der Waals surface area contributed by atoms with Gasteiger partial charge in [0, 0.05) is 6.54 Å². The lowest BCUT2D eigenvalue weighted by Crippen LogP contribution is -2.28. The largest absolute Gasteiger partial charge is 0.493 e. The molecule has 1 aliphatic rings. The highest BCUT2D eigenvalue weighted by atomic mass is 79.9. The summed E-state index contributed by atoms with van der Waals surface area (Å²) in [5.41, 5.74) is 1.31. The summed E-state index contributed by atoms with van der Waals surface area (Å²) in [6.07, 6.45) is 2.46. The highest BCUT2D eigenvalue weighted by molar-refractivity contribution is 9.10. The Labute approximate surface area is 111 Å². The number of hydrogen-bond donors (Lipinski definition) is 1. The molecule has 1 atom stereocenters. The van der Waals surface area contributed by atoms with E-state index in [2.05, 4.69) is 33.4 Å². The lowest BCUT2D eigenvalue weighted by Gasteiger charge is -2.24. The van der Waals surface area contributed by atoms with Gasteiger partial charge in [0.2, 0.25) is 0 Å². The summed E-state index contributed by atoms with van der Waals surface area (Å²) < 4.78 is 11.7. The zero-order valence-electron chi connectivity index (χ0n) is 10.3. The van der Waals surface area contributed by atoms with Crippen LogP contribution in [-0.4, -0.2) is 27.3 Å². The molecule has 0 amide bonds. The fourth-order valence-corrected chi connectivity index (χ4v) is 2.93. The summed E-state index contributed by atoms with van der Waals surface area (Å²) in [4.78, 5) is 0. The number of hydrogen-bond acceptors (Lipinski definition) is 3. The molecule has 0 aliphatic carbocycles. The highest BCUT2D eigenvalue weighted by Gasteiger charge is 2.19. The number of halogens is 1. The Morgan fingerprint density at radius 3 is 2.71 bits per heavy atom. The van der Waals surface area contributed by atoms with Crippen LogP contribution in [0.3, 0.4) is 0 Å². The van der Waals surface area contributed by atoms with Crippen LogP contribution in [0, 0.1) is 0 Å². The Kier molecular flexibility index (Phi) is 4.29. The molecule has 3 nitrogen and oxygen atoms in total. The van der Waals surface area contributed by atoms with Crippen molar-refractivity contribution in [3.8, 4) is 11.5 Å². The molecule has 0 spiro atoms. The van der Waals surface area contributed by atoms with Crippen molar-refractivity contribution < 1.29 is 9.47 Å². The standard InChI is InChI=1S/C13H18BrNO2/c1-16-12-7-10(6-11(14)13(12)17-2)9-4-3-5-15-8-9/h6-7,9,15H,3-5,8H2,1-2H3. The first kappa shape index (κ1) is 12.7. The second-order valence-electron chi connectivity index (χ2n) is 4.28. The van der Waals surface area contributed by atoms with Gasteiger partial charge in [-0.05, 0) is 58.9 Å². The van der Waals surface area contributed by atoms with E-state index in [1.807, 2.05) is 0 Å². The third-order valence-electron chi connectivity index (χ3n) is 3.22. The van der Waals surface area contributed by atoms with E-state index in [4.69, 9.17) is 9.47 Å². The number of methoxy groups -OCH3 is 2. The van der Waals surface area contributed by atoms with E-state index in [9.17, 15) is 0 Å². The van der Waals surface area contributed by atoms with Gasteiger partial charge < -0.3 is 14.8 Å². The van der Waals surface area contributed by atoms with Gasteiger partial charge in [-0.2, -0.15) is 0 Å². The van der Waals surface area contributed by atoms with E-state index in [1.165, 1.54) is 18.4 Å². The van der Waals surface area contributed by atoms with Crippen LogP contribution in [0.25, 0.3) is 0 Å². The Morgan fingerprint density at radius 2 is 2.12 bits per heavy atom. The summed E-state index contributed by atoms with van der Waals surface area (Å²) in [6.45, 7) is 2.17. The van der Waals surface area contributed by atoms with E-state index < -0.39 is 0 Å². The van der Waals surface area contributed by atoms with E-state index in [-0.39, 0.29) is 0 Å². The minimum absolute atomic E-state index is 0.569. The van der Waals surface area contributed by atoms with Gasteiger partial charge in [0.1, 0.15) is 0 Å². The van der Waals surface area contributed by atoms with Crippen LogP contribution in [0.5, 0.6) is 11.5 Å². The summed E-state index contributed by atoms with van der Waals surface area (Å²) in [5, 5.41) is 3.43. The fraction of sp³-hybridized carbons (Fsp3) is 0.538. The first-order valence-electron chi connectivity index (χ1n) is 5.88. The quantitative estimate of drug-likeness (QED) is 0.931. The van der Waals surface area contributed by atoms with Crippen LogP contribution in [0.1, 0.15) is 24.3 Å². The van der Waals surface area contributed by atoms with Gasteiger partial charge in [-0.1, -0.05) is 0 Å². The predicted octanol–water partition coefficient (Wildman–Crippen LogP) is 2.93. The minimum atomic E-state index is 0.569. The van der Waals surface area contributed by atoms with Crippen LogP contribution in [0.15, 0.2) is 16.6 Å². The molecule has 1 unspecified atom stereocenters. The molecule has 94 valence electrons. The summed E-state index contributed by atoms with van der Waals surface area (Å²) in [6, 6.07) is 4.22. The van der Waals surface area contributed by atoms with Crippen molar-refractivity contribution in [2.75, 3.05) is 27.3 Å². The van der Waals surface area contributed by atoms with Crippen molar-refractivity contribution in [1.29, 1.82) is 0 Å². The number of piperidine rings is 1. The van der Waals surface area contributed by atoms with E-state index in [1.54, 1.807) is 14.2 Å². The molecular weight excluding hydrogens is 282 g/mol. The minimum Gasteiger partial charge on any atom is -0.493 e. The third kappa shape index (κ3) is 2.75. The number of nitrogens with one attached hydrogen (secondary N) is 1. The van der Waals surface area contributed by atoms with Crippen molar-refractivity contribution in [2.24, 2.45) is 0 Å². The first-order valence-corrected chi connectivity index (χ1v) is 6.67. The molecule has 1 aromatic carbocycles. The SMILES string of the molecule is COc1cc(C2CCCNC2)cc(Br)c1OC. The van der Waals surface area contributed by atoms with E-state index in [0.29, 0.717) is 5.92 Å². The molecule has 1 aromatic rings. The fourth-order valence-electron chi connectivity index (χ4n) is 2.31. The molecule has 1 N–H and O–H groups in total. The molecule has 1 saturated heterocycles. The Morgan fingerprint density at radius 1 is 1.29 bits per heavy atom. The third-order valence-corrected chi connectivity index (χ3v) is 3.81. The van der Waals surface area contributed by atoms with Crippen molar-refractivity contribution in [2.45, 2.75) is 18.8 Å². The lowest BCUT2D eigenvalue weighted by atomic mass is 9.91. The van der Waals surface area contributed by atoms with Gasteiger partial charge in [0.15, 0.2) is 11.5 Å². The van der Waals surface area contributed by atoms with Gasteiger partial charge in [-0.3, -0.25) is 0 Å². The van der Waals surface area contributed by atoms with Gasteiger partial charge in [-0.15, -0.1) is 0 Å². The van der Waals surface area contributed by atoms with Crippen LogP contribution >= 0.6 is 15.9 Å². The Bertz CT molecular complexity index is 389. The van der Waals surface area contributed by atoms with E-state index >= 15 is 0 Å². The van der Waals surface area contributed by atoms with Gasteiger partial charge in [0.25, 0.3) is 0 Å². The molecule has 0 radical (unpaired) electrons. The second kappa shape index (κ2) is 5.74. The lowest BCUT2D eigenvalue weighted by molar-refractivity contribution is 0.351. The summed E-state index contributed by atoms with van der Waals surface area (Å²) >= 11 is 3.54. The maximum Gasteiger partial charge on any atom is 0.174 e. The summed E-state index contributed by atoms with van der Waals surface area (Å²) in [5.74, 6) is 2.13. The number of rotatable bonds is 3. The first-order chi connectivity index (χ1) is 8.26. The average molecular weight is 300 g/mol. The topological polar surface area (TPSA) is 30.5 Å². The van der Waals surface area contributed by atoms with Crippen molar-refractivity contribution >= 4 is 15.9 Å².